The van der Waals surface area contributed by atoms with Crippen molar-refractivity contribution in [1.29, 1.82) is 0 Å². The number of aryl methyl sites for hydroxylation is 1. The highest BCUT2D eigenvalue weighted by molar-refractivity contribution is 5.80. The quantitative estimate of drug-likeness (QED) is 0.119. The minimum atomic E-state index is -0.780. The summed E-state index contributed by atoms with van der Waals surface area (Å²) in [6.45, 7) is 2.55. The second-order valence-electron chi connectivity index (χ2n) is 10.9. The number of fused-ring (bicyclic) bond motifs is 1. The second kappa shape index (κ2) is 16.1. The maximum Gasteiger partial charge on any atom is 0.410 e. The molecule has 236 valence electrons. The number of amides is 1. The van der Waals surface area contributed by atoms with E-state index >= 15 is 0 Å². The molecule has 0 fully saturated rings. The minimum Gasteiger partial charge on any atom is -0.490 e. The Labute approximate surface area is 268 Å². The number of hydrogen-bond acceptors (Lipinski definition) is 7. The Morgan fingerprint density at radius 3 is 2.20 bits per heavy atom. The van der Waals surface area contributed by atoms with Crippen LogP contribution in [-0.4, -0.2) is 42.8 Å². The molecule has 0 spiro atoms. The van der Waals surface area contributed by atoms with Crippen LogP contribution in [0.5, 0.6) is 5.75 Å². The lowest BCUT2D eigenvalue weighted by Gasteiger charge is -2.27. The molecule has 0 bridgehead atoms. The van der Waals surface area contributed by atoms with Crippen LogP contribution in [0, 0.1) is 0 Å². The molecule has 0 aliphatic heterocycles. The van der Waals surface area contributed by atoms with E-state index in [2.05, 4.69) is 0 Å². The molecule has 1 unspecified atom stereocenters. The zero-order valence-electron chi connectivity index (χ0n) is 25.8. The summed E-state index contributed by atoms with van der Waals surface area (Å²) in [4.78, 5) is 40.5. The minimum absolute atomic E-state index is 0.0304. The van der Waals surface area contributed by atoms with Gasteiger partial charge in [0.25, 0.3) is 0 Å². The number of nitrogens with zero attached hydrogens (tertiary/aromatic N) is 1. The zero-order valence-corrected chi connectivity index (χ0v) is 25.8. The summed E-state index contributed by atoms with van der Waals surface area (Å²) < 4.78 is 23.6. The highest BCUT2D eigenvalue weighted by Gasteiger charge is 2.24. The van der Waals surface area contributed by atoms with Crippen molar-refractivity contribution in [3.8, 4) is 17.1 Å². The number of esters is 1. The molecule has 5 aromatic rings. The summed E-state index contributed by atoms with van der Waals surface area (Å²) in [5.41, 5.74) is 2.89. The number of hydrogen-bond donors (Lipinski definition) is 0. The van der Waals surface area contributed by atoms with Gasteiger partial charge in [0.05, 0.1) is 11.9 Å². The van der Waals surface area contributed by atoms with Crippen molar-refractivity contribution in [3.05, 3.63) is 137 Å². The van der Waals surface area contributed by atoms with Gasteiger partial charge in [0.15, 0.2) is 11.5 Å². The lowest BCUT2D eigenvalue weighted by molar-refractivity contribution is -0.151. The number of rotatable bonds is 14. The predicted octanol–water partition coefficient (Wildman–Crippen LogP) is 7.43. The Hall–Kier alpha value is -5.37. The molecule has 1 heterocycles. The number of ether oxygens (including phenoxy) is 3. The van der Waals surface area contributed by atoms with Gasteiger partial charge in [-0.1, -0.05) is 97.9 Å². The first-order valence-corrected chi connectivity index (χ1v) is 15.4. The van der Waals surface area contributed by atoms with E-state index in [1.165, 1.54) is 11.0 Å². The summed E-state index contributed by atoms with van der Waals surface area (Å²) in [7, 11) is 0. The van der Waals surface area contributed by atoms with E-state index in [9.17, 15) is 14.4 Å². The zero-order chi connectivity index (χ0) is 32.1. The normalized spacial score (nSPS) is 11.5. The highest BCUT2D eigenvalue weighted by atomic mass is 16.6. The van der Waals surface area contributed by atoms with Crippen molar-refractivity contribution in [3.63, 3.8) is 0 Å². The van der Waals surface area contributed by atoms with Crippen LogP contribution < -0.4 is 10.2 Å². The van der Waals surface area contributed by atoms with Gasteiger partial charge in [0.1, 0.15) is 30.3 Å². The summed E-state index contributed by atoms with van der Waals surface area (Å²) in [5.74, 6) is 0.480. The fraction of sp³-hybridized carbons (Fsp3) is 0.237. The third kappa shape index (κ3) is 9.08. The molecule has 1 atom stereocenters. The van der Waals surface area contributed by atoms with Crippen LogP contribution in [0.2, 0.25) is 0 Å². The molecule has 0 saturated heterocycles. The van der Waals surface area contributed by atoms with Gasteiger partial charge in [-0.25, -0.2) is 4.79 Å². The van der Waals surface area contributed by atoms with Gasteiger partial charge < -0.3 is 23.5 Å². The molecule has 0 aliphatic rings. The Kier molecular flexibility index (Phi) is 11.2. The highest BCUT2D eigenvalue weighted by Crippen LogP contribution is 2.25. The maximum atomic E-state index is 13.1. The summed E-state index contributed by atoms with van der Waals surface area (Å²) >= 11 is 0. The van der Waals surface area contributed by atoms with E-state index in [1.54, 1.807) is 18.2 Å². The predicted molar refractivity (Wildman–Crippen MR) is 177 cm³/mol. The maximum absolute atomic E-state index is 13.1. The molecule has 0 N–H and O–H groups in total. The topological polar surface area (TPSA) is 95.3 Å². The number of carbonyl (C=O) groups is 2. The molecule has 1 aromatic heterocycles. The molecule has 0 saturated carbocycles. The standard InChI is InChI=1S/C38H37NO7/c1-2-22-39(38(42)44-26-29-14-8-4-9-15-29)25-32(45-37(41)21-18-28-12-6-3-7-13-28)27-43-31-19-20-33-34(40)24-35(46-36(33)23-31)30-16-10-5-11-17-30/h3-17,19-20,23-24,32H,2,18,21-22,25-27H2,1H3. The smallest absolute Gasteiger partial charge is 0.410 e. The molecule has 8 heteroatoms. The third-order valence-corrected chi connectivity index (χ3v) is 7.33. The monoisotopic (exact) mass is 619 g/mol. The number of benzene rings is 4. The molecule has 4 aromatic carbocycles. The number of carbonyl (C=O) groups excluding carboxylic acids is 2. The van der Waals surface area contributed by atoms with Gasteiger partial charge in [0.2, 0.25) is 0 Å². The van der Waals surface area contributed by atoms with Gasteiger partial charge in [-0.15, -0.1) is 0 Å². The average Bonchev–Trinajstić information content (AvgIpc) is 3.09. The molecule has 0 aliphatic carbocycles. The second-order valence-corrected chi connectivity index (χ2v) is 10.9. The summed E-state index contributed by atoms with van der Waals surface area (Å²) in [5, 5.41) is 0.422. The Morgan fingerprint density at radius 1 is 0.826 bits per heavy atom. The average molecular weight is 620 g/mol. The van der Waals surface area contributed by atoms with Gasteiger partial charge in [-0.05, 0) is 36.1 Å². The fourth-order valence-electron chi connectivity index (χ4n) is 5.00. The fourth-order valence-corrected chi connectivity index (χ4v) is 5.00. The van der Waals surface area contributed by atoms with E-state index < -0.39 is 18.2 Å². The SMILES string of the molecule is CCCN(CC(COc1ccc2c(=O)cc(-c3ccccc3)oc2c1)OC(=O)CCc1ccccc1)C(=O)OCc1ccccc1. The molecule has 8 nitrogen and oxygen atoms in total. The van der Waals surface area contributed by atoms with Crippen LogP contribution in [-0.2, 0) is 27.3 Å². The van der Waals surface area contributed by atoms with Crippen molar-refractivity contribution < 1.29 is 28.2 Å². The van der Waals surface area contributed by atoms with Crippen LogP contribution in [0.25, 0.3) is 22.3 Å². The van der Waals surface area contributed by atoms with E-state index in [1.807, 2.05) is 97.9 Å². The first-order valence-electron chi connectivity index (χ1n) is 15.4. The molecule has 0 radical (unpaired) electrons. The van der Waals surface area contributed by atoms with Crippen LogP contribution in [0.3, 0.4) is 0 Å². The van der Waals surface area contributed by atoms with Gasteiger partial charge in [-0.3, -0.25) is 9.59 Å². The molecule has 5 rings (SSSR count). The third-order valence-electron chi connectivity index (χ3n) is 7.33. The van der Waals surface area contributed by atoms with E-state index in [0.29, 0.717) is 41.9 Å². The first kappa shape index (κ1) is 32.0. The first-order chi connectivity index (χ1) is 22.5. The molecule has 1 amide bonds. The Morgan fingerprint density at radius 2 is 1.50 bits per heavy atom. The van der Waals surface area contributed by atoms with Crippen LogP contribution in [0.1, 0.15) is 30.9 Å². The lowest BCUT2D eigenvalue weighted by atomic mass is 10.1. The Balaban J connectivity index is 1.31. The van der Waals surface area contributed by atoms with Crippen molar-refractivity contribution in [2.75, 3.05) is 19.7 Å². The lowest BCUT2D eigenvalue weighted by Crippen LogP contribution is -2.42. The van der Waals surface area contributed by atoms with Gasteiger partial charge >= 0.3 is 12.1 Å². The van der Waals surface area contributed by atoms with Crippen LogP contribution in [0.4, 0.5) is 4.79 Å². The van der Waals surface area contributed by atoms with E-state index in [4.69, 9.17) is 18.6 Å². The summed E-state index contributed by atoms with van der Waals surface area (Å²) in [6, 6.07) is 35.0. The van der Waals surface area contributed by atoms with E-state index in [0.717, 1.165) is 16.7 Å². The van der Waals surface area contributed by atoms with Gasteiger partial charge in [-0.2, -0.15) is 0 Å². The van der Waals surface area contributed by atoms with Crippen molar-refractivity contribution in [1.82, 2.24) is 4.90 Å². The van der Waals surface area contributed by atoms with Crippen molar-refractivity contribution in [2.45, 2.75) is 38.9 Å². The molecular weight excluding hydrogens is 582 g/mol. The van der Waals surface area contributed by atoms with Crippen LogP contribution >= 0.6 is 0 Å². The molecule has 46 heavy (non-hydrogen) atoms. The summed E-state index contributed by atoms with van der Waals surface area (Å²) in [6.07, 6.45) is 0.104. The van der Waals surface area contributed by atoms with Crippen molar-refractivity contribution >= 4 is 23.0 Å². The van der Waals surface area contributed by atoms with Crippen LogP contribution in [0.15, 0.2) is 124 Å². The van der Waals surface area contributed by atoms with Crippen molar-refractivity contribution in [2.24, 2.45) is 0 Å². The van der Waals surface area contributed by atoms with E-state index in [-0.39, 0.29) is 31.6 Å². The van der Waals surface area contributed by atoms with Gasteiger partial charge in [0, 0.05) is 30.7 Å². The largest absolute Gasteiger partial charge is 0.490 e. The Bertz CT molecular complexity index is 1770. The molecular formula is C38H37NO7.